The smallest absolute Gasteiger partial charge is 0.286 e. The second-order valence-electron chi connectivity index (χ2n) is 6.48. The van der Waals surface area contributed by atoms with Gasteiger partial charge in [-0.15, -0.1) is 16.6 Å². The Kier molecular flexibility index (Phi) is 7.06. The van der Waals surface area contributed by atoms with Gasteiger partial charge in [-0.05, 0) is 41.8 Å². The third-order valence-corrected chi connectivity index (χ3v) is 5.18. The molecule has 0 saturated carbocycles. The molecule has 3 aromatic rings. The number of nitrogens with zero attached hydrogens (tertiary/aromatic N) is 3. The minimum Gasteiger partial charge on any atom is -0.320 e. The highest BCUT2D eigenvalue weighted by Crippen LogP contribution is 2.17. The number of halogens is 1. The van der Waals surface area contributed by atoms with Crippen LogP contribution in [0.4, 0.5) is 10.1 Å². The van der Waals surface area contributed by atoms with Gasteiger partial charge in [0.05, 0.1) is 13.1 Å². The molecule has 3 rings (SSSR count). The average Bonchev–Trinajstić information content (AvgIpc) is 3.19. The lowest BCUT2D eigenvalue weighted by Crippen LogP contribution is -2.23. The molecule has 0 fully saturated rings. The van der Waals surface area contributed by atoms with Crippen molar-refractivity contribution in [2.24, 2.45) is 0 Å². The number of amides is 1. The number of terminal acetylenes is 1. The first-order valence-electron chi connectivity index (χ1n) is 9.20. The van der Waals surface area contributed by atoms with Crippen molar-refractivity contribution in [1.82, 2.24) is 15.1 Å². The largest absolute Gasteiger partial charge is 0.320 e. The molecule has 1 amide bonds. The summed E-state index contributed by atoms with van der Waals surface area (Å²) in [6.45, 7) is 3.49. The van der Waals surface area contributed by atoms with Crippen LogP contribution in [0.15, 0.2) is 48.5 Å². The number of hydrogen-bond acceptors (Lipinski definition) is 5. The van der Waals surface area contributed by atoms with E-state index >= 15 is 0 Å². The van der Waals surface area contributed by atoms with E-state index in [1.165, 1.54) is 29.0 Å². The van der Waals surface area contributed by atoms with Crippen molar-refractivity contribution in [2.45, 2.75) is 26.4 Å². The summed E-state index contributed by atoms with van der Waals surface area (Å²) in [5.74, 6) is 2.05. The number of rotatable bonds is 8. The molecule has 1 heterocycles. The highest BCUT2D eigenvalue weighted by Gasteiger charge is 2.15. The maximum absolute atomic E-state index is 13.1. The SMILES string of the molecule is C#CCN(Cc1ccc(F)cc1)Cc1nnc(C(=O)Nc2ccc(CC)cc2)s1. The number of aryl methyl sites for hydroxylation is 1. The van der Waals surface area contributed by atoms with Crippen molar-refractivity contribution in [3.8, 4) is 12.3 Å². The van der Waals surface area contributed by atoms with Crippen molar-refractivity contribution in [3.63, 3.8) is 0 Å². The molecule has 0 atom stereocenters. The molecule has 0 unspecified atom stereocenters. The molecule has 148 valence electrons. The first-order chi connectivity index (χ1) is 14.1. The summed E-state index contributed by atoms with van der Waals surface area (Å²) in [5, 5.41) is 11.9. The Hall–Kier alpha value is -3.08. The van der Waals surface area contributed by atoms with Gasteiger partial charge in [-0.1, -0.05) is 48.4 Å². The maximum atomic E-state index is 13.1. The topological polar surface area (TPSA) is 58.1 Å². The summed E-state index contributed by atoms with van der Waals surface area (Å²) in [6, 6.07) is 14.0. The summed E-state index contributed by atoms with van der Waals surface area (Å²) in [4.78, 5) is 14.4. The van der Waals surface area contributed by atoms with Gasteiger partial charge in [0.2, 0.25) is 5.01 Å². The van der Waals surface area contributed by atoms with Gasteiger partial charge in [0.25, 0.3) is 5.91 Å². The predicted octanol–water partition coefficient (Wildman–Crippen LogP) is 4.13. The molecule has 1 N–H and O–H groups in total. The fraction of sp³-hybridized carbons (Fsp3) is 0.227. The van der Waals surface area contributed by atoms with Gasteiger partial charge in [0, 0.05) is 12.2 Å². The molecule has 1 aromatic heterocycles. The number of benzene rings is 2. The highest BCUT2D eigenvalue weighted by atomic mass is 32.1. The molecule has 0 saturated heterocycles. The minimum atomic E-state index is -0.292. The molecule has 7 heteroatoms. The van der Waals surface area contributed by atoms with E-state index in [0.717, 1.165) is 12.0 Å². The first kappa shape index (κ1) is 20.6. The lowest BCUT2D eigenvalue weighted by atomic mass is 10.1. The summed E-state index contributed by atoms with van der Waals surface area (Å²) >= 11 is 1.23. The number of carbonyl (C=O) groups is 1. The molecule has 0 aliphatic rings. The molecule has 0 radical (unpaired) electrons. The number of aromatic nitrogens is 2. The van der Waals surface area contributed by atoms with E-state index in [1.54, 1.807) is 12.1 Å². The lowest BCUT2D eigenvalue weighted by molar-refractivity contribution is 0.102. The van der Waals surface area contributed by atoms with Crippen LogP contribution >= 0.6 is 11.3 Å². The molecule has 0 aliphatic carbocycles. The predicted molar refractivity (Wildman–Crippen MR) is 113 cm³/mol. The quantitative estimate of drug-likeness (QED) is 0.570. The van der Waals surface area contributed by atoms with Crippen LogP contribution in [0.2, 0.25) is 0 Å². The van der Waals surface area contributed by atoms with Crippen LogP contribution in [-0.4, -0.2) is 27.5 Å². The maximum Gasteiger partial charge on any atom is 0.286 e. The van der Waals surface area contributed by atoms with E-state index < -0.39 is 0 Å². The second kappa shape index (κ2) is 9.92. The lowest BCUT2D eigenvalue weighted by Gasteiger charge is -2.18. The highest BCUT2D eigenvalue weighted by molar-refractivity contribution is 7.13. The molecule has 0 bridgehead atoms. The van der Waals surface area contributed by atoms with E-state index in [4.69, 9.17) is 6.42 Å². The fourth-order valence-corrected chi connectivity index (χ4v) is 3.53. The first-order valence-corrected chi connectivity index (χ1v) is 10.0. The van der Waals surface area contributed by atoms with E-state index in [1.807, 2.05) is 29.2 Å². The zero-order valence-electron chi connectivity index (χ0n) is 16.1. The Bertz CT molecular complexity index is 993. The number of carbonyl (C=O) groups excluding carboxylic acids is 1. The standard InChI is InChI=1S/C22H21FN4OS/c1-3-13-27(14-17-5-9-18(23)10-6-17)15-20-25-26-22(29-20)21(28)24-19-11-7-16(4-2)8-12-19/h1,5-12H,4,13-15H2,2H3,(H,24,28). The zero-order valence-corrected chi connectivity index (χ0v) is 16.9. The normalized spacial score (nSPS) is 10.7. The fourth-order valence-electron chi connectivity index (χ4n) is 2.75. The van der Waals surface area contributed by atoms with Crippen LogP contribution in [0.3, 0.4) is 0 Å². The van der Waals surface area contributed by atoms with Crippen molar-refractivity contribution >= 4 is 22.9 Å². The van der Waals surface area contributed by atoms with E-state index in [9.17, 15) is 9.18 Å². The van der Waals surface area contributed by atoms with Gasteiger partial charge in [0.1, 0.15) is 10.8 Å². The number of anilines is 1. The second-order valence-corrected chi connectivity index (χ2v) is 7.54. The van der Waals surface area contributed by atoms with Crippen molar-refractivity contribution in [2.75, 3.05) is 11.9 Å². The monoisotopic (exact) mass is 408 g/mol. The Labute approximate surface area is 173 Å². The van der Waals surface area contributed by atoms with Crippen LogP contribution in [0.5, 0.6) is 0 Å². The Morgan fingerprint density at radius 2 is 1.79 bits per heavy atom. The Morgan fingerprint density at radius 1 is 1.10 bits per heavy atom. The van der Waals surface area contributed by atoms with Crippen LogP contribution in [0.1, 0.15) is 32.9 Å². The van der Waals surface area contributed by atoms with E-state index in [-0.39, 0.29) is 11.7 Å². The number of nitrogens with one attached hydrogen (secondary N) is 1. The third kappa shape index (κ3) is 5.95. The van der Waals surface area contributed by atoms with Gasteiger partial charge in [-0.2, -0.15) is 0 Å². The van der Waals surface area contributed by atoms with E-state index in [2.05, 4.69) is 28.4 Å². The van der Waals surface area contributed by atoms with Gasteiger partial charge < -0.3 is 5.32 Å². The van der Waals surface area contributed by atoms with E-state index in [0.29, 0.717) is 35.3 Å². The molecule has 2 aromatic carbocycles. The molecule has 5 nitrogen and oxygen atoms in total. The van der Waals surface area contributed by atoms with Crippen LogP contribution in [0, 0.1) is 18.2 Å². The van der Waals surface area contributed by atoms with Crippen molar-refractivity contribution in [1.29, 1.82) is 0 Å². The molecule has 29 heavy (non-hydrogen) atoms. The van der Waals surface area contributed by atoms with Crippen molar-refractivity contribution < 1.29 is 9.18 Å². The van der Waals surface area contributed by atoms with Crippen LogP contribution < -0.4 is 5.32 Å². The van der Waals surface area contributed by atoms with Crippen molar-refractivity contribution in [3.05, 3.63) is 75.5 Å². The zero-order chi connectivity index (χ0) is 20.6. The van der Waals surface area contributed by atoms with Gasteiger partial charge >= 0.3 is 0 Å². The Morgan fingerprint density at radius 3 is 2.45 bits per heavy atom. The summed E-state index contributed by atoms with van der Waals surface area (Å²) in [7, 11) is 0. The summed E-state index contributed by atoms with van der Waals surface area (Å²) in [5.41, 5.74) is 2.87. The number of hydrogen-bond donors (Lipinski definition) is 1. The minimum absolute atomic E-state index is 0.277. The van der Waals surface area contributed by atoms with Gasteiger partial charge in [-0.25, -0.2) is 4.39 Å². The Balaban J connectivity index is 1.62. The van der Waals surface area contributed by atoms with Crippen LogP contribution in [0.25, 0.3) is 0 Å². The van der Waals surface area contributed by atoms with Gasteiger partial charge in [0.15, 0.2) is 0 Å². The molecular formula is C22H21FN4OS. The van der Waals surface area contributed by atoms with Gasteiger partial charge in [-0.3, -0.25) is 9.69 Å². The third-order valence-electron chi connectivity index (χ3n) is 4.27. The molecular weight excluding hydrogens is 387 g/mol. The summed E-state index contributed by atoms with van der Waals surface area (Å²) in [6.07, 6.45) is 6.42. The average molecular weight is 409 g/mol. The molecule has 0 spiro atoms. The summed E-state index contributed by atoms with van der Waals surface area (Å²) < 4.78 is 13.1. The molecule has 0 aliphatic heterocycles. The van der Waals surface area contributed by atoms with Crippen LogP contribution in [-0.2, 0) is 19.5 Å².